The van der Waals surface area contributed by atoms with E-state index in [-0.39, 0.29) is 42.0 Å². The lowest BCUT2D eigenvalue weighted by Crippen LogP contribution is -2.18. The van der Waals surface area contributed by atoms with Crippen LogP contribution in [0.15, 0.2) is 0 Å². The minimum Gasteiger partial charge on any atom is -0.487 e. The second-order valence-electron chi connectivity index (χ2n) is 7.02. The van der Waals surface area contributed by atoms with E-state index >= 15 is 0 Å². The lowest BCUT2D eigenvalue weighted by molar-refractivity contribution is 0.0511. The number of ether oxygens (including phenoxy) is 4. The molecule has 0 saturated heterocycles. The zero-order valence-corrected chi connectivity index (χ0v) is 17.3. The molecule has 0 radical (unpaired) electrons. The molecule has 0 atom stereocenters. The first-order chi connectivity index (χ1) is 13.6. The topological polar surface area (TPSA) is 86.9 Å². The smallest absolute Gasteiger partial charge is 0.358 e. The van der Waals surface area contributed by atoms with Gasteiger partial charge in [-0.05, 0) is 20.3 Å². The predicted octanol–water partition coefficient (Wildman–Crippen LogP) is 4.51. The number of carbonyl (C=O) groups excluding carboxylic acids is 2. The van der Waals surface area contributed by atoms with Gasteiger partial charge in [0.05, 0.1) is 26.4 Å². The Kier molecular flexibility index (Phi) is 9.17. The van der Waals surface area contributed by atoms with Gasteiger partial charge in [0.2, 0.25) is 0 Å². The third-order valence-electron chi connectivity index (χ3n) is 4.76. The van der Waals surface area contributed by atoms with E-state index in [1.165, 1.54) is 32.1 Å². The summed E-state index contributed by atoms with van der Waals surface area (Å²) in [5, 5.41) is 0. The largest absolute Gasteiger partial charge is 0.487 e. The van der Waals surface area contributed by atoms with Crippen LogP contribution in [0.5, 0.6) is 11.5 Å². The number of esters is 2. The van der Waals surface area contributed by atoms with E-state index in [0.29, 0.717) is 13.2 Å². The van der Waals surface area contributed by atoms with Crippen molar-refractivity contribution in [2.24, 2.45) is 5.92 Å². The van der Waals surface area contributed by atoms with Crippen molar-refractivity contribution >= 4 is 11.9 Å². The summed E-state index contributed by atoms with van der Waals surface area (Å²) in [6, 6.07) is 0. The summed E-state index contributed by atoms with van der Waals surface area (Å²) in [6.07, 6.45) is 8.38. The van der Waals surface area contributed by atoms with Gasteiger partial charge in [0.1, 0.15) is 0 Å². The molecular formula is C21H33NO6. The van der Waals surface area contributed by atoms with E-state index in [0.717, 1.165) is 12.8 Å². The van der Waals surface area contributed by atoms with Crippen LogP contribution in [0.2, 0.25) is 0 Å². The van der Waals surface area contributed by atoms with Gasteiger partial charge in [-0.15, -0.1) is 0 Å². The van der Waals surface area contributed by atoms with E-state index in [9.17, 15) is 9.59 Å². The van der Waals surface area contributed by atoms with Crippen LogP contribution in [0.1, 0.15) is 86.7 Å². The molecule has 2 heterocycles. The Bertz CT molecular complexity index is 595. The molecule has 0 unspecified atom stereocenters. The van der Waals surface area contributed by atoms with Crippen molar-refractivity contribution in [1.29, 1.82) is 0 Å². The van der Waals surface area contributed by atoms with Crippen LogP contribution in [0.25, 0.3) is 0 Å². The maximum absolute atomic E-state index is 12.3. The number of hydrogen-bond acceptors (Lipinski definition) is 6. The summed E-state index contributed by atoms with van der Waals surface area (Å²) >= 11 is 0. The number of hydrogen-bond donors (Lipinski definition) is 1. The number of fused-ring (bicyclic) bond motifs is 1. The summed E-state index contributed by atoms with van der Waals surface area (Å²) < 4.78 is 21.9. The van der Waals surface area contributed by atoms with Crippen LogP contribution in [-0.4, -0.2) is 43.4 Å². The highest BCUT2D eigenvalue weighted by Gasteiger charge is 2.33. The Morgan fingerprint density at radius 2 is 1.36 bits per heavy atom. The van der Waals surface area contributed by atoms with Crippen LogP contribution >= 0.6 is 0 Å². The number of aromatic amines is 1. The average Bonchev–Trinajstić information content (AvgIpc) is 2.92. The Morgan fingerprint density at radius 3 is 1.86 bits per heavy atom. The number of carbonyl (C=O) groups is 2. The van der Waals surface area contributed by atoms with E-state index in [1.807, 2.05) is 0 Å². The molecule has 0 aromatic carbocycles. The van der Waals surface area contributed by atoms with Gasteiger partial charge < -0.3 is 23.9 Å². The fourth-order valence-electron chi connectivity index (χ4n) is 3.27. The van der Waals surface area contributed by atoms with E-state index < -0.39 is 11.9 Å². The third-order valence-corrected chi connectivity index (χ3v) is 4.76. The van der Waals surface area contributed by atoms with Crippen LogP contribution < -0.4 is 9.47 Å². The molecule has 1 N–H and O–H groups in total. The SMILES string of the molecule is CCCCCCCCC1COc2c(C(=O)OCC)[nH]c(C(=O)OCC)c2OC1. The van der Waals surface area contributed by atoms with Crippen molar-refractivity contribution in [2.75, 3.05) is 26.4 Å². The van der Waals surface area contributed by atoms with Gasteiger partial charge in [-0.2, -0.15) is 0 Å². The normalized spacial score (nSPS) is 13.8. The molecule has 0 fully saturated rings. The highest BCUT2D eigenvalue weighted by molar-refractivity contribution is 5.99. The predicted molar refractivity (Wildman–Crippen MR) is 105 cm³/mol. The van der Waals surface area contributed by atoms with E-state index in [2.05, 4.69) is 11.9 Å². The molecule has 0 aliphatic carbocycles. The van der Waals surface area contributed by atoms with E-state index in [4.69, 9.17) is 18.9 Å². The van der Waals surface area contributed by atoms with Crippen LogP contribution in [0.4, 0.5) is 0 Å². The monoisotopic (exact) mass is 395 g/mol. The van der Waals surface area contributed by atoms with Gasteiger partial charge in [0.15, 0.2) is 22.9 Å². The molecule has 7 nitrogen and oxygen atoms in total. The molecule has 1 aliphatic heterocycles. The molecule has 0 saturated carbocycles. The highest BCUT2D eigenvalue weighted by atomic mass is 16.6. The number of unbranched alkanes of at least 4 members (excludes halogenated alkanes) is 5. The zero-order valence-electron chi connectivity index (χ0n) is 17.3. The second-order valence-corrected chi connectivity index (χ2v) is 7.02. The molecule has 7 heteroatoms. The van der Waals surface area contributed by atoms with Gasteiger partial charge in [-0.25, -0.2) is 9.59 Å². The van der Waals surface area contributed by atoms with Crippen LogP contribution in [0, 0.1) is 5.92 Å². The van der Waals surface area contributed by atoms with Crippen molar-refractivity contribution in [3.8, 4) is 11.5 Å². The molecule has 1 aliphatic rings. The molecule has 0 amide bonds. The number of nitrogens with one attached hydrogen (secondary N) is 1. The zero-order chi connectivity index (χ0) is 20.4. The summed E-state index contributed by atoms with van der Waals surface area (Å²) in [5.74, 6) is -0.456. The second kappa shape index (κ2) is 11.6. The Balaban J connectivity index is 2.04. The Hall–Kier alpha value is -2.18. The lowest BCUT2D eigenvalue weighted by Gasteiger charge is -2.13. The minimum atomic E-state index is -0.577. The van der Waals surface area contributed by atoms with Gasteiger partial charge >= 0.3 is 11.9 Å². The summed E-state index contributed by atoms with van der Waals surface area (Å²) in [5.41, 5.74) is 0.195. The molecular weight excluding hydrogens is 362 g/mol. The summed E-state index contributed by atoms with van der Waals surface area (Å²) in [6.45, 7) is 6.98. The van der Waals surface area contributed by atoms with Gasteiger partial charge in [-0.1, -0.05) is 45.4 Å². The Labute approximate surface area is 167 Å². The quantitative estimate of drug-likeness (QED) is 0.438. The molecule has 0 bridgehead atoms. The lowest BCUT2D eigenvalue weighted by atomic mass is 10.0. The van der Waals surface area contributed by atoms with Crippen molar-refractivity contribution in [1.82, 2.24) is 4.98 Å². The first-order valence-corrected chi connectivity index (χ1v) is 10.5. The van der Waals surface area contributed by atoms with Gasteiger partial charge in [0, 0.05) is 5.92 Å². The summed E-state index contributed by atoms with van der Waals surface area (Å²) in [7, 11) is 0. The molecule has 28 heavy (non-hydrogen) atoms. The minimum absolute atomic E-state index is 0.0973. The van der Waals surface area contributed by atoms with Crippen LogP contribution in [0.3, 0.4) is 0 Å². The highest BCUT2D eigenvalue weighted by Crippen LogP contribution is 2.39. The summed E-state index contributed by atoms with van der Waals surface area (Å²) in [4.78, 5) is 27.3. The van der Waals surface area contributed by atoms with Crippen molar-refractivity contribution < 1.29 is 28.5 Å². The molecule has 2 rings (SSSR count). The van der Waals surface area contributed by atoms with Gasteiger partial charge in [0.25, 0.3) is 0 Å². The maximum Gasteiger partial charge on any atom is 0.358 e. The van der Waals surface area contributed by atoms with Crippen molar-refractivity contribution in [3.63, 3.8) is 0 Å². The van der Waals surface area contributed by atoms with Crippen LogP contribution in [-0.2, 0) is 9.47 Å². The van der Waals surface area contributed by atoms with E-state index in [1.54, 1.807) is 13.8 Å². The third kappa shape index (κ3) is 5.91. The molecule has 1 aromatic heterocycles. The molecule has 1 aromatic rings. The van der Waals surface area contributed by atoms with Crippen molar-refractivity contribution in [2.45, 2.75) is 65.7 Å². The number of aromatic nitrogens is 1. The van der Waals surface area contributed by atoms with Gasteiger partial charge in [-0.3, -0.25) is 0 Å². The molecule has 0 spiro atoms. The first-order valence-electron chi connectivity index (χ1n) is 10.5. The fourth-order valence-corrected chi connectivity index (χ4v) is 3.27. The Morgan fingerprint density at radius 1 is 0.857 bits per heavy atom. The average molecular weight is 395 g/mol. The number of rotatable bonds is 11. The molecule has 158 valence electrons. The standard InChI is InChI=1S/C21H33NO6/c1-4-7-8-9-10-11-12-15-13-27-18-16(20(23)25-5-2)22-17(19(18)28-14-15)21(24)26-6-3/h15,22H,4-14H2,1-3H3. The van der Waals surface area contributed by atoms with Crippen molar-refractivity contribution in [3.05, 3.63) is 11.4 Å². The first kappa shape index (κ1) is 22.1. The maximum atomic E-state index is 12.3. The number of H-pyrrole nitrogens is 1. The fraction of sp³-hybridized carbons (Fsp3) is 0.714.